The van der Waals surface area contributed by atoms with Gasteiger partial charge in [-0.2, -0.15) is 0 Å². The second kappa shape index (κ2) is 9.52. The maximum Gasteiger partial charge on any atom is 0.408 e. The predicted octanol–water partition coefficient (Wildman–Crippen LogP) is 5.59. The zero-order valence-electron chi connectivity index (χ0n) is 20.0. The summed E-state index contributed by atoms with van der Waals surface area (Å²) in [5.41, 5.74) is 1.71. The van der Waals surface area contributed by atoms with Crippen molar-refractivity contribution in [3.63, 3.8) is 0 Å². The molecule has 2 aliphatic heterocycles. The van der Waals surface area contributed by atoms with Crippen molar-refractivity contribution in [3.8, 4) is 22.6 Å². The molecule has 2 heterocycles. The first-order valence-electron chi connectivity index (χ1n) is 11.6. The first-order valence-corrected chi connectivity index (χ1v) is 11.6. The van der Waals surface area contributed by atoms with Crippen molar-refractivity contribution >= 4 is 17.7 Å². The number of amides is 2. The molecule has 8 heteroatoms. The Morgan fingerprint density at radius 2 is 1.88 bits per heavy atom. The van der Waals surface area contributed by atoms with Gasteiger partial charge in [-0.25, -0.2) is 9.18 Å². The third-order valence-electron chi connectivity index (χ3n) is 5.86. The van der Waals surface area contributed by atoms with E-state index in [1.807, 2.05) is 39.8 Å². The van der Waals surface area contributed by atoms with Gasteiger partial charge in [0.05, 0.1) is 6.04 Å². The number of halogens is 1. The van der Waals surface area contributed by atoms with Gasteiger partial charge >= 0.3 is 6.09 Å². The van der Waals surface area contributed by atoms with Crippen molar-refractivity contribution in [3.05, 3.63) is 41.7 Å². The van der Waals surface area contributed by atoms with E-state index in [1.165, 1.54) is 12.1 Å². The lowest BCUT2D eigenvalue weighted by Gasteiger charge is -2.28. The molecule has 0 aliphatic carbocycles. The van der Waals surface area contributed by atoms with Crippen LogP contribution in [0.15, 0.2) is 30.3 Å². The van der Waals surface area contributed by atoms with E-state index in [-0.39, 0.29) is 11.8 Å². The van der Waals surface area contributed by atoms with Crippen LogP contribution < -0.4 is 20.1 Å². The molecule has 0 radical (unpaired) electrons. The van der Waals surface area contributed by atoms with Crippen LogP contribution in [0, 0.1) is 11.7 Å². The van der Waals surface area contributed by atoms with Crippen molar-refractivity contribution in [2.45, 2.75) is 58.6 Å². The summed E-state index contributed by atoms with van der Waals surface area (Å²) in [6.07, 6.45) is 1.39. The molecule has 34 heavy (non-hydrogen) atoms. The van der Waals surface area contributed by atoms with Crippen LogP contribution in [0.1, 0.15) is 58.6 Å². The number of fused-ring (bicyclic) bond motifs is 6. The van der Waals surface area contributed by atoms with Crippen LogP contribution in [0.2, 0.25) is 0 Å². The molecule has 2 aliphatic rings. The largest absolute Gasteiger partial charge is 0.486 e. The van der Waals surface area contributed by atoms with E-state index in [0.717, 1.165) is 5.56 Å². The summed E-state index contributed by atoms with van der Waals surface area (Å²) in [5, 5.41) is 5.92. The highest BCUT2D eigenvalue weighted by Crippen LogP contribution is 2.45. The zero-order valence-corrected chi connectivity index (χ0v) is 20.0. The van der Waals surface area contributed by atoms with E-state index < -0.39 is 23.6 Å². The fraction of sp³-hybridized carbons (Fsp3) is 0.462. The van der Waals surface area contributed by atoms with Gasteiger partial charge in [-0.05, 0) is 69.5 Å². The summed E-state index contributed by atoms with van der Waals surface area (Å²) in [6, 6.07) is 7.57. The van der Waals surface area contributed by atoms with E-state index in [4.69, 9.17) is 14.2 Å². The number of hydrogen-bond donors (Lipinski definition) is 2. The Bertz CT molecular complexity index is 1100. The van der Waals surface area contributed by atoms with Crippen molar-refractivity contribution in [2.75, 3.05) is 18.5 Å². The number of hydrogen-bond acceptors (Lipinski definition) is 5. The molecule has 4 rings (SSSR count). The zero-order chi connectivity index (χ0) is 24.5. The molecule has 2 amide bonds. The van der Waals surface area contributed by atoms with Gasteiger partial charge in [0.2, 0.25) is 5.91 Å². The normalized spacial score (nSPS) is 20.2. The molecule has 2 aromatic rings. The van der Waals surface area contributed by atoms with E-state index >= 15 is 0 Å². The second-order valence-corrected chi connectivity index (χ2v) is 9.80. The van der Waals surface area contributed by atoms with Gasteiger partial charge in [0, 0.05) is 22.7 Å². The quantitative estimate of drug-likeness (QED) is 0.568. The number of alkyl carbamates (subject to hydrolysis) is 1. The summed E-state index contributed by atoms with van der Waals surface area (Å²) in [6.45, 7) is 8.01. The summed E-state index contributed by atoms with van der Waals surface area (Å²) >= 11 is 0. The van der Waals surface area contributed by atoms with Crippen LogP contribution in [0.3, 0.4) is 0 Å². The number of nitrogens with one attached hydrogen (secondary N) is 2. The molecule has 0 saturated heterocycles. The van der Waals surface area contributed by atoms with Crippen LogP contribution in [-0.2, 0) is 9.53 Å². The molecule has 182 valence electrons. The lowest BCUT2D eigenvalue weighted by atomic mass is 9.91. The Labute approximate surface area is 199 Å². The first kappa shape index (κ1) is 23.9. The Balaban J connectivity index is 1.85. The molecule has 0 fully saturated rings. The number of benzene rings is 2. The number of rotatable bonds is 1. The van der Waals surface area contributed by atoms with Crippen LogP contribution >= 0.6 is 0 Å². The van der Waals surface area contributed by atoms with E-state index in [0.29, 0.717) is 60.8 Å². The molecular formula is C26H31FN2O5. The predicted molar refractivity (Wildman–Crippen MR) is 127 cm³/mol. The maximum absolute atomic E-state index is 14.4. The third-order valence-corrected chi connectivity index (χ3v) is 5.86. The number of carbonyl (C=O) groups is 2. The van der Waals surface area contributed by atoms with Gasteiger partial charge in [0.1, 0.15) is 24.6 Å². The van der Waals surface area contributed by atoms with Crippen molar-refractivity contribution in [1.29, 1.82) is 0 Å². The van der Waals surface area contributed by atoms with Crippen molar-refractivity contribution < 1.29 is 28.2 Å². The number of carbonyl (C=O) groups excluding carboxylic acids is 2. The van der Waals surface area contributed by atoms with E-state index in [1.54, 1.807) is 6.07 Å². The monoisotopic (exact) mass is 470 g/mol. The summed E-state index contributed by atoms with van der Waals surface area (Å²) in [4.78, 5) is 25.5. The van der Waals surface area contributed by atoms with Crippen LogP contribution in [0.4, 0.5) is 14.9 Å². The molecule has 2 N–H and O–H groups in total. The van der Waals surface area contributed by atoms with E-state index in [2.05, 4.69) is 10.6 Å². The lowest BCUT2D eigenvalue weighted by molar-refractivity contribution is -0.119. The fourth-order valence-corrected chi connectivity index (χ4v) is 4.21. The topological polar surface area (TPSA) is 85.9 Å². The molecule has 0 saturated carbocycles. The van der Waals surface area contributed by atoms with Crippen molar-refractivity contribution in [2.24, 2.45) is 5.92 Å². The van der Waals surface area contributed by atoms with Crippen LogP contribution in [-0.4, -0.2) is 30.8 Å². The molecule has 0 unspecified atom stereocenters. The first-order chi connectivity index (χ1) is 16.1. The molecule has 2 atom stereocenters. The van der Waals surface area contributed by atoms with Crippen molar-refractivity contribution in [1.82, 2.24) is 5.32 Å². The highest BCUT2D eigenvalue weighted by Gasteiger charge is 2.27. The summed E-state index contributed by atoms with van der Waals surface area (Å²) in [5.74, 6) is 0.157. The molecule has 0 aromatic heterocycles. The highest BCUT2D eigenvalue weighted by atomic mass is 19.1. The van der Waals surface area contributed by atoms with Crippen LogP contribution in [0.25, 0.3) is 11.1 Å². The molecule has 2 bridgehead atoms. The Morgan fingerprint density at radius 1 is 1.12 bits per heavy atom. The third kappa shape index (κ3) is 5.43. The minimum absolute atomic E-state index is 0.146. The van der Waals surface area contributed by atoms with Gasteiger partial charge in [-0.3, -0.25) is 4.79 Å². The highest BCUT2D eigenvalue weighted by molar-refractivity contribution is 5.97. The summed E-state index contributed by atoms with van der Waals surface area (Å²) < 4.78 is 31.6. The maximum atomic E-state index is 14.4. The standard InChI is InChI=1S/C26H31FN2O5/c1-15-6-5-7-20(29-25(31)34-26(2,3)4)16-12-19(23-22(13-16)32-10-11-33-23)18-14-17(27)8-9-21(18)28-24(15)30/h8-9,12-15,20H,5-7,10-11H2,1-4H3,(H,28,30)(H,29,31)/t15-,20+/m1/s1. The fourth-order valence-electron chi connectivity index (χ4n) is 4.21. The van der Waals surface area contributed by atoms with Gasteiger partial charge in [-0.1, -0.05) is 13.3 Å². The number of anilines is 1. The number of ether oxygens (including phenoxy) is 3. The molecule has 7 nitrogen and oxygen atoms in total. The second-order valence-electron chi connectivity index (χ2n) is 9.80. The molecular weight excluding hydrogens is 439 g/mol. The van der Waals surface area contributed by atoms with Gasteiger partial charge in [0.25, 0.3) is 0 Å². The van der Waals surface area contributed by atoms with Gasteiger partial charge < -0.3 is 24.8 Å². The summed E-state index contributed by atoms with van der Waals surface area (Å²) in [7, 11) is 0. The Hall–Kier alpha value is -3.29. The molecule has 2 aromatic carbocycles. The average molecular weight is 471 g/mol. The smallest absolute Gasteiger partial charge is 0.408 e. The minimum Gasteiger partial charge on any atom is -0.486 e. The van der Waals surface area contributed by atoms with Gasteiger partial charge in [0.15, 0.2) is 11.5 Å². The average Bonchev–Trinajstić information content (AvgIpc) is 2.76. The Morgan fingerprint density at radius 3 is 2.65 bits per heavy atom. The van der Waals surface area contributed by atoms with E-state index in [9.17, 15) is 14.0 Å². The lowest BCUT2D eigenvalue weighted by Crippen LogP contribution is -2.35. The minimum atomic E-state index is -0.642. The van der Waals surface area contributed by atoms with Gasteiger partial charge in [-0.15, -0.1) is 0 Å². The van der Waals surface area contributed by atoms with Crippen LogP contribution in [0.5, 0.6) is 11.5 Å². The molecule has 0 spiro atoms. The SMILES string of the molecule is C[C@@H]1CCC[C@H](NC(=O)OC(C)(C)C)c2cc3c(c(c2)-c2cc(F)ccc2NC1=O)OCCO3. The Kier molecular flexibility index (Phi) is 6.68.